The van der Waals surface area contributed by atoms with Gasteiger partial charge in [0.1, 0.15) is 5.82 Å². The van der Waals surface area contributed by atoms with Gasteiger partial charge < -0.3 is 5.32 Å². The summed E-state index contributed by atoms with van der Waals surface area (Å²) in [6.45, 7) is 4.22. The van der Waals surface area contributed by atoms with Gasteiger partial charge in [-0.15, -0.1) is 0 Å². The molecule has 0 saturated carbocycles. The fourth-order valence-corrected chi connectivity index (χ4v) is 2.56. The number of aryl methyl sites for hydroxylation is 2. The summed E-state index contributed by atoms with van der Waals surface area (Å²) >= 11 is 3.44. The van der Waals surface area contributed by atoms with Crippen molar-refractivity contribution in [1.82, 2.24) is 0 Å². The van der Waals surface area contributed by atoms with E-state index in [0.717, 1.165) is 23.0 Å². The van der Waals surface area contributed by atoms with Crippen molar-refractivity contribution in [2.75, 3.05) is 5.32 Å². The van der Waals surface area contributed by atoms with Crippen LogP contribution >= 0.6 is 15.9 Å². The van der Waals surface area contributed by atoms with Crippen molar-refractivity contribution in [3.05, 3.63) is 63.9 Å². The molecule has 0 aliphatic heterocycles. The SMILES string of the molecule is Cc1cccc(CCC(C)Nc2cc(F)ccc2Br)c1. The molecule has 0 fully saturated rings. The Morgan fingerprint density at radius 1 is 1.20 bits per heavy atom. The van der Waals surface area contributed by atoms with Crippen LogP contribution in [0, 0.1) is 12.7 Å². The summed E-state index contributed by atoms with van der Waals surface area (Å²) in [6, 6.07) is 13.5. The minimum atomic E-state index is -0.221. The summed E-state index contributed by atoms with van der Waals surface area (Å²) in [7, 11) is 0. The summed E-state index contributed by atoms with van der Waals surface area (Å²) in [4.78, 5) is 0. The van der Waals surface area contributed by atoms with Crippen LogP contribution in [-0.4, -0.2) is 6.04 Å². The highest BCUT2D eigenvalue weighted by molar-refractivity contribution is 9.10. The van der Waals surface area contributed by atoms with Crippen molar-refractivity contribution >= 4 is 21.6 Å². The Hall–Kier alpha value is -1.35. The maximum absolute atomic E-state index is 13.2. The van der Waals surface area contributed by atoms with Gasteiger partial charge in [0.2, 0.25) is 0 Å². The Kier molecular flexibility index (Phi) is 5.18. The van der Waals surface area contributed by atoms with Crippen LogP contribution in [0.25, 0.3) is 0 Å². The van der Waals surface area contributed by atoms with Gasteiger partial charge in [-0.1, -0.05) is 29.8 Å². The molecule has 2 rings (SSSR count). The van der Waals surface area contributed by atoms with Crippen LogP contribution in [0.1, 0.15) is 24.5 Å². The van der Waals surface area contributed by atoms with Gasteiger partial charge in [0.15, 0.2) is 0 Å². The van der Waals surface area contributed by atoms with E-state index in [1.54, 1.807) is 6.07 Å². The molecule has 1 atom stereocenters. The van der Waals surface area contributed by atoms with Crippen LogP contribution in [-0.2, 0) is 6.42 Å². The first-order chi connectivity index (χ1) is 9.54. The first-order valence-corrected chi connectivity index (χ1v) is 7.61. The topological polar surface area (TPSA) is 12.0 Å². The highest BCUT2D eigenvalue weighted by Crippen LogP contribution is 2.24. The molecular weight excluding hydrogens is 317 g/mol. The first kappa shape index (κ1) is 15.0. The third kappa shape index (κ3) is 4.34. The van der Waals surface area contributed by atoms with Gasteiger partial charge in [-0.25, -0.2) is 4.39 Å². The largest absolute Gasteiger partial charge is 0.382 e. The third-order valence-corrected chi connectivity index (χ3v) is 3.97. The van der Waals surface area contributed by atoms with Crippen LogP contribution in [0.2, 0.25) is 0 Å². The Morgan fingerprint density at radius 2 is 2.00 bits per heavy atom. The molecule has 0 aromatic heterocycles. The van der Waals surface area contributed by atoms with Crippen molar-refractivity contribution in [2.24, 2.45) is 0 Å². The van der Waals surface area contributed by atoms with Crippen molar-refractivity contribution in [3.8, 4) is 0 Å². The number of benzene rings is 2. The van der Waals surface area contributed by atoms with E-state index in [9.17, 15) is 4.39 Å². The molecule has 0 radical (unpaired) electrons. The Balaban J connectivity index is 1.92. The number of hydrogen-bond donors (Lipinski definition) is 1. The molecule has 1 N–H and O–H groups in total. The van der Waals surface area contributed by atoms with E-state index < -0.39 is 0 Å². The van der Waals surface area contributed by atoms with Gasteiger partial charge in [-0.05, 0) is 66.4 Å². The molecule has 0 saturated heterocycles. The lowest BCUT2D eigenvalue weighted by Crippen LogP contribution is -2.16. The normalized spacial score (nSPS) is 12.2. The molecule has 1 nitrogen and oxygen atoms in total. The van der Waals surface area contributed by atoms with Gasteiger partial charge in [-0.2, -0.15) is 0 Å². The fourth-order valence-electron chi connectivity index (χ4n) is 2.20. The van der Waals surface area contributed by atoms with Crippen LogP contribution < -0.4 is 5.32 Å². The van der Waals surface area contributed by atoms with E-state index in [1.165, 1.54) is 23.3 Å². The van der Waals surface area contributed by atoms with Crippen LogP contribution in [0.15, 0.2) is 46.9 Å². The average Bonchev–Trinajstić information content (AvgIpc) is 2.41. The smallest absolute Gasteiger partial charge is 0.125 e. The second-order valence-corrected chi connectivity index (χ2v) is 6.05. The highest BCUT2D eigenvalue weighted by Gasteiger charge is 2.07. The van der Waals surface area contributed by atoms with Crippen molar-refractivity contribution in [1.29, 1.82) is 0 Å². The van der Waals surface area contributed by atoms with Crippen molar-refractivity contribution < 1.29 is 4.39 Å². The third-order valence-electron chi connectivity index (χ3n) is 3.28. The zero-order chi connectivity index (χ0) is 14.5. The summed E-state index contributed by atoms with van der Waals surface area (Å²) in [5.74, 6) is -0.221. The summed E-state index contributed by atoms with van der Waals surface area (Å²) < 4.78 is 14.1. The fraction of sp³-hybridized carbons (Fsp3) is 0.294. The molecular formula is C17H19BrFN. The molecule has 3 heteroatoms. The zero-order valence-corrected chi connectivity index (χ0v) is 13.4. The van der Waals surface area contributed by atoms with Crippen LogP contribution in [0.4, 0.5) is 10.1 Å². The molecule has 0 aliphatic carbocycles. The first-order valence-electron chi connectivity index (χ1n) is 6.82. The molecule has 0 aliphatic rings. The highest BCUT2D eigenvalue weighted by atomic mass is 79.9. The number of rotatable bonds is 5. The predicted molar refractivity (Wildman–Crippen MR) is 86.7 cm³/mol. The van der Waals surface area contributed by atoms with E-state index in [1.807, 2.05) is 0 Å². The average molecular weight is 336 g/mol. The lowest BCUT2D eigenvalue weighted by atomic mass is 10.0. The number of hydrogen-bond acceptors (Lipinski definition) is 1. The van der Waals surface area contributed by atoms with Gasteiger partial charge >= 0.3 is 0 Å². The van der Waals surface area contributed by atoms with E-state index in [4.69, 9.17) is 0 Å². The summed E-state index contributed by atoms with van der Waals surface area (Å²) in [5.41, 5.74) is 3.44. The van der Waals surface area contributed by atoms with Gasteiger partial charge in [-0.3, -0.25) is 0 Å². The van der Waals surface area contributed by atoms with E-state index in [-0.39, 0.29) is 11.9 Å². The lowest BCUT2D eigenvalue weighted by molar-refractivity contribution is 0.626. The molecule has 0 spiro atoms. The van der Waals surface area contributed by atoms with E-state index >= 15 is 0 Å². The second kappa shape index (κ2) is 6.89. The maximum atomic E-state index is 13.2. The predicted octanol–water partition coefficient (Wildman–Crippen LogP) is 5.33. The van der Waals surface area contributed by atoms with E-state index in [0.29, 0.717) is 0 Å². The zero-order valence-electron chi connectivity index (χ0n) is 11.8. The summed E-state index contributed by atoms with van der Waals surface area (Å²) in [6.07, 6.45) is 2.02. The van der Waals surface area contributed by atoms with Gasteiger partial charge in [0.05, 0.1) is 5.69 Å². The van der Waals surface area contributed by atoms with Crippen LogP contribution in [0.5, 0.6) is 0 Å². The number of anilines is 1. The van der Waals surface area contributed by atoms with Gasteiger partial charge in [0.25, 0.3) is 0 Å². The standard InChI is InChI=1S/C17H19BrFN/c1-12-4-3-5-14(10-12)7-6-13(2)20-17-11-15(19)8-9-16(17)18/h3-5,8-11,13,20H,6-7H2,1-2H3. The molecule has 106 valence electrons. The quantitative estimate of drug-likeness (QED) is 0.778. The van der Waals surface area contributed by atoms with Crippen molar-refractivity contribution in [2.45, 2.75) is 32.7 Å². The lowest BCUT2D eigenvalue weighted by Gasteiger charge is -2.16. The van der Waals surface area contributed by atoms with E-state index in [2.05, 4.69) is 59.4 Å². The molecule has 20 heavy (non-hydrogen) atoms. The monoisotopic (exact) mass is 335 g/mol. The Morgan fingerprint density at radius 3 is 2.75 bits per heavy atom. The molecule has 1 unspecified atom stereocenters. The molecule has 0 bridgehead atoms. The second-order valence-electron chi connectivity index (χ2n) is 5.20. The minimum absolute atomic E-state index is 0.221. The summed E-state index contributed by atoms with van der Waals surface area (Å²) in [5, 5.41) is 3.35. The number of nitrogens with one attached hydrogen (secondary N) is 1. The molecule has 0 amide bonds. The molecule has 2 aromatic rings. The molecule has 2 aromatic carbocycles. The van der Waals surface area contributed by atoms with Crippen molar-refractivity contribution in [3.63, 3.8) is 0 Å². The Labute approximate surface area is 128 Å². The maximum Gasteiger partial charge on any atom is 0.125 e. The van der Waals surface area contributed by atoms with Crippen LogP contribution in [0.3, 0.4) is 0 Å². The Bertz CT molecular complexity index is 583. The van der Waals surface area contributed by atoms with Gasteiger partial charge in [0, 0.05) is 10.5 Å². The number of halogens is 2. The minimum Gasteiger partial charge on any atom is -0.382 e. The molecule has 0 heterocycles.